The van der Waals surface area contributed by atoms with Gasteiger partial charge in [-0.05, 0) is 210 Å². The number of nitrogens with zero attached hydrogens (tertiary/aromatic N) is 2. The van der Waals surface area contributed by atoms with Gasteiger partial charge in [0.25, 0.3) is 0 Å². The van der Waals surface area contributed by atoms with Crippen LogP contribution in [0.3, 0.4) is 0 Å². The molecule has 1 aromatic heterocycles. The van der Waals surface area contributed by atoms with Crippen molar-refractivity contribution in [3.05, 3.63) is 338 Å². The number of fused-ring (bicyclic) bond motifs is 4. The fourth-order valence-corrected chi connectivity index (χ4v) is 13.5. The molecule has 2 unspecified atom stereocenters. The quantitative estimate of drug-likeness (QED) is 0.0936. The van der Waals surface area contributed by atoms with E-state index in [0.29, 0.717) is 11.8 Å². The summed E-state index contributed by atoms with van der Waals surface area (Å²) in [7, 11) is 0. The summed E-state index contributed by atoms with van der Waals surface area (Å²) in [4.78, 5) is 2.35. The van der Waals surface area contributed by atoms with Gasteiger partial charge in [0.15, 0.2) is 0 Å². The molecule has 14 aromatic rings. The second-order valence-electron chi connectivity index (χ2n) is 24.0. The molecule has 0 radical (unpaired) electrons. The van der Waals surface area contributed by atoms with Gasteiger partial charge in [0.05, 0.1) is 11.0 Å². The Labute approximate surface area is 518 Å². The van der Waals surface area contributed by atoms with Gasteiger partial charge in [0.2, 0.25) is 0 Å². The maximum absolute atomic E-state index is 2.42. The number of para-hydroxylation sites is 1. The van der Waals surface area contributed by atoms with Gasteiger partial charge in [-0.2, -0.15) is 0 Å². The van der Waals surface area contributed by atoms with E-state index in [0.717, 1.165) is 35.6 Å². The summed E-state index contributed by atoms with van der Waals surface area (Å²) in [6.07, 6.45) is 4.64. The average Bonchev–Trinajstić information content (AvgIpc) is 1.79. The van der Waals surface area contributed by atoms with E-state index in [4.69, 9.17) is 0 Å². The molecule has 0 fully saturated rings. The Morgan fingerprint density at radius 3 is 1.01 bits per heavy atom. The summed E-state index contributed by atoms with van der Waals surface area (Å²) in [5.74, 6) is 0.900. The lowest BCUT2D eigenvalue weighted by molar-refractivity contribution is 0.544. The molecule has 0 amide bonds. The van der Waals surface area contributed by atoms with Crippen molar-refractivity contribution in [1.82, 2.24) is 4.57 Å². The lowest BCUT2D eigenvalue weighted by Gasteiger charge is -2.26. The zero-order chi connectivity index (χ0) is 58.9. The summed E-state index contributed by atoms with van der Waals surface area (Å²) < 4.78 is 2.42. The first kappa shape index (κ1) is 54.1. The van der Waals surface area contributed by atoms with Crippen LogP contribution in [0.5, 0.6) is 0 Å². The Kier molecular flexibility index (Phi) is 14.6. The maximum atomic E-state index is 2.42. The van der Waals surface area contributed by atoms with Crippen LogP contribution in [0.2, 0.25) is 0 Å². The van der Waals surface area contributed by atoms with Crippen LogP contribution in [-0.4, -0.2) is 4.57 Å². The number of benzene rings is 13. The third-order valence-corrected chi connectivity index (χ3v) is 18.7. The molecule has 1 heterocycles. The predicted molar refractivity (Wildman–Crippen MR) is 373 cm³/mol. The minimum absolute atomic E-state index is 0.418. The highest BCUT2D eigenvalue weighted by atomic mass is 15.1. The van der Waals surface area contributed by atoms with E-state index in [-0.39, 0.29) is 0 Å². The Hall–Kier alpha value is -10.5. The molecule has 2 atom stereocenters. The fraction of sp³-hybridized carbons (Fsp3) is 0.0930. The molecular weight excluding hydrogens is 1060 g/mol. The van der Waals surface area contributed by atoms with Crippen LogP contribution >= 0.6 is 0 Å². The highest BCUT2D eigenvalue weighted by Gasteiger charge is 2.20. The number of hydrogen-bond donors (Lipinski definition) is 0. The molecule has 0 aliphatic heterocycles. The molecule has 2 heteroatoms. The number of aromatic nitrogens is 1. The van der Waals surface area contributed by atoms with Crippen molar-refractivity contribution in [2.24, 2.45) is 0 Å². The van der Waals surface area contributed by atoms with Crippen molar-refractivity contribution in [3.8, 4) is 83.6 Å². The van der Waals surface area contributed by atoms with Gasteiger partial charge in [-0.15, -0.1) is 0 Å². The number of rotatable bonds is 16. The molecule has 1 aliphatic rings. The fourth-order valence-electron chi connectivity index (χ4n) is 13.5. The van der Waals surface area contributed by atoms with E-state index in [1.807, 2.05) is 0 Å². The standard InChI is InChI=1S/C86H68N2/c1-3-60(64-23-25-65(26-24-64)66-27-31-71(32-28-66)75-37-35-72-36-38-76(72)56-75)55-59(2)61-19-21-73(22-20-61)77-45-53-85-83(57-77)84-58-78(46-54-86(84)88(85)79-17-11-6-12-18-79)74-33-29-67(30-34-74)70-43-51-82(52-44-70)87(80-47-39-68(40-48-80)62-13-7-4-8-14-62)81-49-41-69(42-50-81)63-15-9-5-10-16-63/h4-35,37,39-54,56-60H,3,36,38,55H2,1-2H3. The normalized spacial score (nSPS) is 12.6. The third-order valence-electron chi connectivity index (χ3n) is 18.7. The molecule has 422 valence electrons. The topological polar surface area (TPSA) is 8.17 Å². The summed E-state index contributed by atoms with van der Waals surface area (Å²) >= 11 is 0. The molecule has 0 spiro atoms. The predicted octanol–water partition coefficient (Wildman–Crippen LogP) is 23.7. The molecule has 13 aromatic carbocycles. The summed E-state index contributed by atoms with van der Waals surface area (Å²) in [6, 6.07) is 117. The first-order chi connectivity index (χ1) is 43.4. The maximum Gasteiger partial charge on any atom is 0.0541 e. The summed E-state index contributed by atoms with van der Waals surface area (Å²) in [6.45, 7) is 4.73. The van der Waals surface area contributed by atoms with Crippen LogP contribution in [0.4, 0.5) is 17.1 Å². The largest absolute Gasteiger partial charge is 0.311 e. The van der Waals surface area contributed by atoms with E-state index in [2.05, 4.69) is 339 Å². The molecule has 0 saturated heterocycles. The molecule has 0 saturated carbocycles. The van der Waals surface area contributed by atoms with Crippen molar-refractivity contribution < 1.29 is 0 Å². The van der Waals surface area contributed by atoms with E-state index >= 15 is 0 Å². The molecule has 15 rings (SSSR count). The van der Waals surface area contributed by atoms with Gasteiger partial charge in [0.1, 0.15) is 0 Å². The lowest BCUT2D eigenvalue weighted by Crippen LogP contribution is -2.09. The Morgan fingerprint density at radius 2 is 0.625 bits per heavy atom. The van der Waals surface area contributed by atoms with Crippen LogP contribution in [-0.2, 0) is 12.8 Å². The van der Waals surface area contributed by atoms with Gasteiger partial charge < -0.3 is 9.47 Å². The van der Waals surface area contributed by atoms with Gasteiger partial charge in [-0.1, -0.05) is 257 Å². The van der Waals surface area contributed by atoms with Crippen LogP contribution in [0.25, 0.3) is 105 Å². The highest BCUT2D eigenvalue weighted by Crippen LogP contribution is 2.42. The molecule has 1 aliphatic carbocycles. The number of anilines is 3. The average molecular weight is 1130 g/mol. The lowest BCUT2D eigenvalue weighted by atomic mass is 9.84. The Morgan fingerprint density at radius 1 is 0.307 bits per heavy atom. The first-order valence-corrected chi connectivity index (χ1v) is 31.3. The van der Waals surface area contributed by atoms with Crippen molar-refractivity contribution in [1.29, 1.82) is 0 Å². The molecule has 0 N–H and O–H groups in total. The second kappa shape index (κ2) is 23.7. The Balaban J connectivity index is 0.667. The smallest absolute Gasteiger partial charge is 0.0541 e. The molecular formula is C86H68N2. The van der Waals surface area contributed by atoms with Crippen molar-refractivity contribution >= 4 is 38.9 Å². The van der Waals surface area contributed by atoms with Crippen molar-refractivity contribution in [2.75, 3.05) is 4.90 Å². The van der Waals surface area contributed by atoms with Gasteiger partial charge >= 0.3 is 0 Å². The van der Waals surface area contributed by atoms with Crippen LogP contribution in [0.15, 0.2) is 315 Å². The second-order valence-corrected chi connectivity index (χ2v) is 24.0. The molecule has 2 nitrogen and oxygen atoms in total. The summed E-state index contributed by atoms with van der Waals surface area (Å²) in [5, 5.41) is 2.48. The minimum Gasteiger partial charge on any atom is -0.311 e. The highest BCUT2D eigenvalue weighted by molar-refractivity contribution is 6.11. The Bertz CT molecular complexity index is 4640. The number of aryl methyl sites for hydroxylation is 2. The molecule has 0 bridgehead atoms. The first-order valence-electron chi connectivity index (χ1n) is 31.3. The van der Waals surface area contributed by atoms with E-state index in [1.54, 1.807) is 0 Å². The van der Waals surface area contributed by atoms with E-state index < -0.39 is 0 Å². The zero-order valence-corrected chi connectivity index (χ0v) is 49.9. The SMILES string of the molecule is CCC(CC(C)c1ccc(-c2ccc3c(c2)c2cc(-c4ccc(-c5ccc(N(c6ccc(-c7ccccc7)cc6)c6ccc(-c7ccccc7)cc6)cc5)cc4)ccc2n3-c2ccccc2)cc1)c1ccc(-c2ccc(-c3ccc4c(c3)CC4)cc2)cc1. The van der Waals surface area contributed by atoms with Crippen LogP contribution < -0.4 is 4.90 Å². The molecule has 88 heavy (non-hydrogen) atoms. The zero-order valence-electron chi connectivity index (χ0n) is 49.9. The van der Waals surface area contributed by atoms with Gasteiger partial charge in [-0.25, -0.2) is 0 Å². The van der Waals surface area contributed by atoms with Gasteiger partial charge in [0, 0.05) is 33.5 Å². The summed E-state index contributed by atoms with van der Waals surface area (Å²) in [5.41, 5.74) is 29.8. The minimum atomic E-state index is 0.418. The van der Waals surface area contributed by atoms with E-state index in [1.165, 1.54) is 135 Å². The van der Waals surface area contributed by atoms with Gasteiger partial charge in [-0.3, -0.25) is 0 Å². The van der Waals surface area contributed by atoms with E-state index in [9.17, 15) is 0 Å². The number of hydrogen-bond acceptors (Lipinski definition) is 1. The monoisotopic (exact) mass is 1130 g/mol. The van der Waals surface area contributed by atoms with Crippen LogP contribution in [0.1, 0.15) is 60.8 Å². The third kappa shape index (κ3) is 10.7. The van der Waals surface area contributed by atoms with Crippen molar-refractivity contribution in [3.63, 3.8) is 0 Å². The van der Waals surface area contributed by atoms with Crippen LogP contribution in [0, 0.1) is 0 Å². The van der Waals surface area contributed by atoms with Crippen molar-refractivity contribution in [2.45, 2.75) is 51.4 Å².